The van der Waals surface area contributed by atoms with Crippen LogP contribution in [0.3, 0.4) is 0 Å². The lowest BCUT2D eigenvalue weighted by atomic mass is 9.86. The lowest BCUT2D eigenvalue weighted by Gasteiger charge is -2.23. The lowest BCUT2D eigenvalue weighted by molar-refractivity contribution is -0.116. The van der Waals surface area contributed by atoms with Crippen molar-refractivity contribution >= 4 is 23.2 Å². The highest BCUT2D eigenvalue weighted by Gasteiger charge is 2.31. The minimum absolute atomic E-state index is 0.0710. The fourth-order valence-corrected chi connectivity index (χ4v) is 3.01. The number of nitrogens with one attached hydrogen (secondary N) is 3. The van der Waals surface area contributed by atoms with E-state index in [2.05, 4.69) is 20.8 Å². The zero-order valence-electron chi connectivity index (χ0n) is 12.8. The van der Waals surface area contributed by atoms with Crippen LogP contribution in [0.4, 0.5) is 17.3 Å². The molecule has 0 saturated heterocycles. The van der Waals surface area contributed by atoms with Gasteiger partial charge in [-0.2, -0.15) is 5.10 Å². The molecule has 1 atom stereocenters. The smallest absolute Gasteiger partial charge is 0.226 e. The van der Waals surface area contributed by atoms with Crippen LogP contribution in [0.25, 0.3) is 0 Å². The molecule has 0 bridgehead atoms. The second kappa shape index (κ2) is 5.73. The van der Waals surface area contributed by atoms with Gasteiger partial charge in [0, 0.05) is 23.6 Å². The molecule has 1 unspecified atom stereocenters. The molecule has 0 spiro atoms. The van der Waals surface area contributed by atoms with E-state index >= 15 is 0 Å². The topological polar surface area (TPSA) is 90.0 Å². The standard InChI is InChI=1S/C18H16N4O2/c23-13-8-6-11(7-9-13)14-10-15(24)20-18-16(14)17(21-22-18)19-12-4-2-1-3-5-12/h1-9,14,23H,10H2,(H3,19,20,21,22,24). The highest BCUT2D eigenvalue weighted by atomic mass is 16.3. The SMILES string of the molecule is O=C1CC(c2ccc(O)cc2)c2c(n[nH]c2Nc2ccccc2)N1. The Hall–Kier alpha value is -3.28. The minimum atomic E-state index is -0.126. The number of fused-ring (bicyclic) bond motifs is 1. The number of carbonyl (C=O) groups is 1. The number of nitrogens with zero attached hydrogens (tertiary/aromatic N) is 1. The molecule has 1 aromatic heterocycles. The Morgan fingerprint density at radius 3 is 2.58 bits per heavy atom. The van der Waals surface area contributed by atoms with Gasteiger partial charge in [-0.05, 0) is 29.8 Å². The lowest BCUT2D eigenvalue weighted by Crippen LogP contribution is -2.23. The highest BCUT2D eigenvalue weighted by molar-refractivity contribution is 5.95. The largest absolute Gasteiger partial charge is 0.508 e. The quantitative estimate of drug-likeness (QED) is 0.596. The van der Waals surface area contributed by atoms with E-state index in [1.165, 1.54) is 0 Å². The molecule has 0 aliphatic carbocycles. The van der Waals surface area contributed by atoms with E-state index in [0.29, 0.717) is 12.2 Å². The van der Waals surface area contributed by atoms with Gasteiger partial charge in [0.25, 0.3) is 0 Å². The molecule has 2 heterocycles. The summed E-state index contributed by atoms with van der Waals surface area (Å²) in [7, 11) is 0. The summed E-state index contributed by atoms with van der Waals surface area (Å²) >= 11 is 0. The maximum absolute atomic E-state index is 12.0. The summed E-state index contributed by atoms with van der Waals surface area (Å²) in [6.07, 6.45) is 0.334. The Labute approximate surface area is 138 Å². The van der Waals surface area contributed by atoms with Crippen LogP contribution in [0.1, 0.15) is 23.5 Å². The molecular formula is C18H16N4O2. The van der Waals surface area contributed by atoms with Crippen LogP contribution in [0.2, 0.25) is 0 Å². The first kappa shape index (κ1) is 14.3. The van der Waals surface area contributed by atoms with E-state index in [1.54, 1.807) is 12.1 Å². The van der Waals surface area contributed by atoms with Crippen LogP contribution in [0.5, 0.6) is 5.75 Å². The maximum atomic E-state index is 12.0. The second-order valence-corrected chi connectivity index (χ2v) is 5.75. The molecule has 0 fully saturated rings. The van der Waals surface area contributed by atoms with Gasteiger partial charge in [-0.15, -0.1) is 0 Å². The maximum Gasteiger partial charge on any atom is 0.226 e. The third-order valence-corrected chi connectivity index (χ3v) is 4.14. The predicted octanol–water partition coefficient (Wildman–Crippen LogP) is 3.33. The van der Waals surface area contributed by atoms with Crippen molar-refractivity contribution in [3.63, 3.8) is 0 Å². The number of rotatable bonds is 3. The van der Waals surface area contributed by atoms with Gasteiger partial charge >= 0.3 is 0 Å². The van der Waals surface area contributed by atoms with Gasteiger partial charge in [0.05, 0.1) is 0 Å². The van der Waals surface area contributed by atoms with Crippen LogP contribution >= 0.6 is 0 Å². The molecule has 4 rings (SSSR count). The number of amides is 1. The van der Waals surface area contributed by atoms with E-state index in [-0.39, 0.29) is 17.6 Å². The monoisotopic (exact) mass is 320 g/mol. The summed E-state index contributed by atoms with van der Waals surface area (Å²) in [4.78, 5) is 12.0. The Bertz CT molecular complexity index is 872. The summed E-state index contributed by atoms with van der Waals surface area (Å²) in [6.45, 7) is 0. The van der Waals surface area contributed by atoms with E-state index in [9.17, 15) is 9.90 Å². The fraction of sp³-hybridized carbons (Fsp3) is 0.111. The zero-order valence-corrected chi connectivity index (χ0v) is 12.8. The molecule has 1 amide bonds. The fourth-order valence-electron chi connectivity index (χ4n) is 3.01. The number of anilines is 3. The number of hydrogen-bond donors (Lipinski definition) is 4. The van der Waals surface area contributed by atoms with E-state index in [4.69, 9.17) is 0 Å². The molecule has 6 nitrogen and oxygen atoms in total. The second-order valence-electron chi connectivity index (χ2n) is 5.75. The van der Waals surface area contributed by atoms with Crippen LogP contribution in [-0.2, 0) is 4.79 Å². The third kappa shape index (κ3) is 2.58. The van der Waals surface area contributed by atoms with Gasteiger partial charge in [-0.25, -0.2) is 0 Å². The number of aromatic amines is 1. The predicted molar refractivity (Wildman–Crippen MR) is 91.5 cm³/mol. The number of carbonyl (C=O) groups excluding carboxylic acids is 1. The first-order chi connectivity index (χ1) is 11.7. The molecular weight excluding hydrogens is 304 g/mol. The van der Waals surface area contributed by atoms with E-state index in [1.807, 2.05) is 42.5 Å². The summed E-state index contributed by atoms with van der Waals surface area (Å²) in [5, 5.41) is 22.8. The number of H-pyrrole nitrogens is 1. The average molecular weight is 320 g/mol. The normalized spacial score (nSPS) is 16.3. The number of aromatic hydroxyl groups is 1. The Morgan fingerprint density at radius 2 is 1.83 bits per heavy atom. The Balaban J connectivity index is 1.75. The molecule has 0 saturated carbocycles. The van der Waals surface area contributed by atoms with Gasteiger partial charge in [0.2, 0.25) is 5.91 Å². The van der Waals surface area contributed by atoms with Gasteiger partial charge in [0.15, 0.2) is 5.82 Å². The zero-order chi connectivity index (χ0) is 16.5. The molecule has 120 valence electrons. The number of para-hydroxylation sites is 1. The first-order valence-corrected chi connectivity index (χ1v) is 7.70. The Morgan fingerprint density at radius 1 is 1.08 bits per heavy atom. The van der Waals surface area contributed by atoms with Crippen LogP contribution in [-0.4, -0.2) is 21.2 Å². The van der Waals surface area contributed by atoms with E-state index < -0.39 is 0 Å². The summed E-state index contributed by atoms with van der Waals surface area (Å²) in [6, 6.07) is 16.7. The molecule has 6 heteroatoms. The third-order valence-electron chi connectivity index (χ3n) is 4.14. The summed E-state index contributed by atoms with van der Waals surface area (Å²) in [5.74, 6) is 1.31. The van der Waals surface area contributed by atoms with Gasteiger partial charge < -0.3 is 15.7 Å². The average Bonchev–Trinajstić information content (AvgIpc) is 2.98. The van der Waals surface area contributed by atoms with Crippen molar-refractivity contribution in [3.05, 3.63) is 65.7 Å². The molecule has 1 aliphatic rings. The van der Waals surface area contributed by atoms with Crippen LogP contribution in [0, 0.1) is 0 Å². The van der Waals surface area contributed by atoms with Crippen molar-refractivity contribution in [2.45, 2.75) is 12.3 Å². The van der Waals surface area contributed by atoms with Crippen LogP contribution < -0.4 is 10.6 Å². The van der Waals surface area contributed by atoms with Crippen molar-refractivity contribution in [2.75, 3.05) is 10.6 Å². The Kier molecular flexibility index (Phi) is 3.42. The molecule has 3 aromatic rings. The van der Waals surface area contributed by atoms with Crippen molar-refractivity contribution in [1.82, 2.24) is 10.2 Å². The summed E-state index contributed by atoms with van der Waals surface area (Å²) < 4.78 is 0. The van der Waals surface area contributed by atoms with Crippen molar-refractivity contribution < 1.29 is 9.90 Å². The molecule has 0 radical (unpaired) electrons. The van der Waals surface area contributed by atoms with Gasteiger partial charge in [0.1, 0.15) is 11.6 Å². The number of phenols is 1. The molecule has 2 aromatic carbocycles. The molecule has 24 heavy (non-hydrogen) atoms. The van der Waals surface area contributed by atoms with Crippen molar-refractivity contribution in [3.8, 4) is 5.75 Å². The number of aromatic nitrogens is 2. The van der Waals surface area contributed by atoms with Crippen molar-refractivity contribution in [1.29, 1.82) is 0 Å². The van der Waals surface area contributed by atoms with Gasteiger partial charge in [-0.1, -0.05) is 30.3 Å². The number of phenolic OH excluding ortho intramolecular Hbond substituents is 1. The van der Waals surface area contributed by atoms with Gasteiger partial charge in [-0.3, -0.25) is 9.89 Å². The minimum Gasteiger partial charge on any atom is -0.508 e. The molecule has 4 N–H and O–H groups in total. The number of benzene rings is 2. The summed E-state index contributed by atoms with van der Waals surface area (Å²) in [5.41, 5.74) is 2.82. The van der Waals surface area contributed by atoms with E-state index in [0.717, 1.165) is 22.6 Å². The van der Waals surface area contributed by atoms with Crippen LogP contribution in [0.15, 0.2) is 54.6 Å². The molecule has 1 aliphatic heterocycles. The highest BCUT2D eigenvalue weighted by Crippen LogP contribution is 2.41. The first-order valence-electron chi connectivity index (χ1n) is 7.70. The van der Waals surface area contributed by atoms with Crippen molar-refractivity contribution in [2.24, 2.45) is 0 Å². The number of hydrogen-bond acceptors (Lipinski definition) is 4.